The predicted molar refractivity (Wildman–Crippen MR) is 103 cm³/mol. The van der Waals surface area contributed by atoms with Gasteiger partial charge >= 0.3 is 5.97 Å². The molecule has 4 heteroatoms. The van der Waals surface area contributed by atoms with Gasteiger partial charge in [-0.1, -0.05) is 75.0 Å². The van der Waals surface area contributed by atoms with E-state index in [1.54, 1.807) is 0 Å². The number of esters is 1. The third-order valence-corrected chi connectivity index (χ3v) is 4.04. The van der Waals surface area contributed by atoms with Gasteiger partial charge in [0.25, 0.3) is 0 Å². The summed E-state index contributed by atoms with van der Waals surface area (Å²) in [4.78, 5) is 12.7. The maximum Gasteiger partial charge on any atom is 0.344 e. The van der Waals surface area contributed by atoms with Crippen LogP contribution in [0, 0.1) is 17.8 Å². The molecular formula is C22H31NO3. The Hall–Kier alpha value is -1.83. The zero-order chi connectivity index (χ0) is 35.4. The van der Waals surface area contributed by atoms with E-state index in [1.165, 1.54) is 11.8 Å². The van der Waals surface area contributed by atoms with Crippen LogP contribution in [0.25, 0.3) is 0 Å². The van der Waals surface area contributed by atoms with Gasteiger partial charge in [0.1, 0.15) is 0 Å². The minimum Gasteiger partial charge on any atom is -0.450 e. The van der Waals surface area contributed by atoms with Crippen molar-refractivity contribution in [2.24, 2.45) is 5.92 Å². The van der Waals surface area contributed by atoms with E-state index in [4.69, 9.17) is 30.8 Å². The van der Waals surface area contributed by atoms with E-state index in [2.05, 4.69) is 0 Å². The summed E-state index contributed by atoms with van der Waals surface area (Å²) >= 11 is 0. The summed E-state index contributed by atoms with van der Waals surface area (Å²) in [5.41, 5.74) is -3.93. The van der Waals surface area contributed by atoms with Gasteiger partial charge in [0.2, 0.25) is 0 Å². The summed E-state index contributed by atoms with van der Waals surface area (Å²) in [5, 5.41) is 11.8. The van der Waals surface area contributed by atoms with E-state index in [0.29, 0.717) is 19.3 Å². The third kappa shape index (κ3) is 5.09. The zero-order valence-corrected chi connectivity index (χ0v) is 13.8. The Kier molecular flexibility index (Phi) is 2.65. The number of rotatable bonds is 7. The molecule has 1 unspecified atom stereocenters. The van der Waals surface area contributed by atoms with E-state index in [0.717, 1.165) is 0 Å². The fraction of sp³-hybridized carbons (Fsp3) is 0.591. The average molecular weight is 377 g/mol. The predicted octanol–water partition coefficient (Wildman–Crippen LogP) is 3.34. The summed E-state index contributed by atoms with van der Waals surface area (Å²) < 4.78 is 153. The molecule has 0 spiro atoms. The first-order valence-corrected chi connectivity index (χ1v) is 7.86. The Morgan fingerprint density at radius 3 is 2.65 bits per heavy atom. The van der Waals surface area contributed by atoms with Crippen LogP contribution >= 0.6 is 0 Å². The highest BCUT2D eigenvalue weighted by atomic mass is 16.5. The second-order valence-corrected chi connectivity index (χ2v) is 5.51. The van der Waals surface area contributed by atoms with Crippen molar-refractivity contribution >= 4 is 5.97 Å². The molecule has 1 atom stereocenters. The molecule has 1 aromatic carbocycles. The van der Waals surface area contributed by atoms with Crippen molar-refractivity contribution in [2.45, 2.75) is 51.4 Å². The van der Waals surface area contributed by atoms with Gasteiger partial charge in [-0.2, -0.15) is 0 Å². The molecule has 0 radical (unpaired) electrons. The number of nitrogens with zero attached hydrogens (tertiary/aromatic N) is 1. The molecule has 1 aromatic rings. The van der Waals surface area contributed by atoms with E-state index < -0.39 is 97.9 Å². The van der Waals surface area contributed by atoms with Crippen LogP contribution < -0.4 is 0 Å². The normalized spacial score (nSPS) is 31.1. The Balaban J connectivity index is 2.69. The van der Waals surface area contributed by atoms with Crippen LogP contribution in [0.2, 0.25) is 0 Å². The van der Waals surface area contributed by atoms with Gasteiger partial charge in [-0.05, 0) is 31.4 Å². The number of carbonyl (C=O) groups is 1. The monoisotopic (exact) mass is 376 g/mol. The van der Waals surface area contributed by atoms with Crippen molar-refractivity contribution in [3.8, 4) is 11.8 Å². The molecule has 0 bridgehead atoms. The molecule has 1 saturated carbocycles. The van der Waals surface area contributed by atoms with Crippen molar-refractivity contribution in [1.82, 2.24) is 4.90 Å². The summed E-state index contributed by atoms with van der Waals surface area (Å²) in [5.74, 6) is -0.132. The van der Waals surface area contributed by atoms with Gasteiger partial charge in [0.15, 0.2) is 12.2 Å². The Bertz CT molecular complexity index is 1300. The molecule has 0 aliphatic heterocycles. The molecule has 0 aromatic heterocycles. The Labute approximate surface area is 184 Å². The van der Waals surface area contributed by atoms with Gasteiger partial charge in [-0.3, -0.25) is 4.90 Å². The molecule has 2 rings (SSSR count). The maximum absolute atomic E-state index is 13.5. The lowest BCUT2D eigenvalue weighted by molar-refractivity contribution is -0.174. The van der Waals surface area contributed by atoms with Gasteiger partial charge in [-0.25, -0.2) is 4.79 Å². The molecular weight excluding hydrogens is 326 g/mol. The van der Waals surface area contributed by atoms with Crippen LogP contribution in [-0.2, 0) is 15.1 Å². The van der Waals surface area contributed by atoms with Crippen molar-refractivity contribution in [3.63, 3.8) is 0 Å². The number of benzene rings is 1. The first-order valence-electron chi connectivity index (χ1n) is 17.4. The lowest BCUT2D eigenvalue weighted by atomic mass is 9.73. The SMILES string of the molecule is [2H]c1c([2H])c([2H])c(C(O)(C(=O)OC([2H])([2H])C#CC([2H])([2H])N(C([2H])([2H])C([2H])([2H])[2H])C([2H])([2H])C([2H])([2H])[2H])C2CCCCC2)c([2H])c1[2H]. The molecule has 0 amide bonds. The summed E-state index contributed by atoms with van der Waals surface area (Å²) in [7, 11) is 0. The van der Waals surface area contributed by atoms with Crippen molar-refractivity contribution < 1.29 is 40.7 Å². The molecule has 0 heterocycles. The molecule has 142 valence electrons. The van der Waals surface area contributed by atoms with Gasteiger partial charge in [0.05, 0.1) is 18.8 Å². The summed E-state index contributed by atoms with van der Waals surface area (Å²) in [6, 6.07) is -4.59. The fourth-order valence-corrected chi connectivity index (χ4v) is 2.78. The standard InChI is InChI=1S/C22H31NO3/c1-3-23(4-2)17-11-12-18-26-21(24)22(25,19-13-7-5-8-14-19)20-15-9-6-10-16-20/h5,7-8,13-14,20,25H,3-4,6,9-10,15-18H2,1-2H3/i1D3,2D3,3D2,4D2,5D,7D,8D,13D,14D,17D2,18D2. The maximum atomic E-state index is 13.5. The number of hydrogen-bond acceptors (Lipinski definition) is 4. The Morgan fingerprint density at radius 1 is 1.31 bits per heavy atom. The molecule has 0 saturated heterocycles. The first kappa shape index (κ1) is 6.65. The number of aliphatic hydroxyl groups is 1. The number of ether oxygens (including phenoxy) is 1. The molecule has 4 nitrogen and oxygen atoms in total. The summed E-state index contributed by atoms with van der Waals surface area (Å²) in [6.45, 7) is -23.3. The highest BCUT2D eigenvalue weighted by molar-refractivity contribution is 5.81. The number of hydrogen-bond donors (Lipinski definition) is 1. The molecule has 1 fully saturated rings. The molecule has 26 heavy (non-hydrogen) atoms. The van der Waals surface area contributed by atoms with Crippen molar-refractivity contribution in [3.05, 3.63) is 35.8 Å². The highest BCUT2D eigenvalue weighted by Gasteiger charge is 2.46. The van der Waals surface area contributed by atoms with Crippen LogP contribution in [0.15, 0.2) is 30.2 Å². The lowest BCUT2D eigenvalue weighted by Gasteiger charge is -2.36. The molecule has 1 aliphatic rings. The van der Waals surface area contributed by atoms with Gasteiger partial charge in [-0.15, -0.1) is 0 Å². The Morgan fingerprint density at radius 2 is 2.00 bits per heavy atom. The van der Waals surface area contributed by atoms with Crippen LogP contribution in [0.5, 0.6) is 0 Å². The second-order valence-electron chi connectivity index (χ2n) is 5.51. The smallest absolute Gasteiger partial charge is 0.344 e. The van der Waals surface area contributed by atoms with Crippen LogP contribution in [-0.4, -0.2) is 42.0 Å². The van der Waals surface area contributed by atoms with E-state index in [9.17, 15) is 9.90 Å². The van der Waals surface area contributed by atoms with Gasteiger partial charge < -0.3 is 9.84 Å². The summed E-state index contributed by atoms with van der Waals surface area (Å²) in [6.07, 6.45) is 1.74. The first-order chi connectivity index (χ1) is 20.0. The van der Waals surface area contributed by atoms with Crippen LogP contribution in [0.1, 0.15) is 77.4 Å². The topological polar surface area (TPSA) is 49.8 Å². The van der Waals surface area contributed by atoms with E-state index in [1.807, 2.05) is 0 Å². The van der Waals surface area contributed by atoms with E-state index in [-0.39, 0.29) is 12.8 Å². The number of carbonyl (C=O) groups excluding carboxylic acids is 1. The largest absolute Gasteiger partial charge is 0.450 e. The molecule has 1 N–H and O–H groups in total. The second kappa shape index (κ2) is 10.4. The van der Waals surface area contributed by atoms with E-state index >= 15 is 0 Å². The molecule has 1 aliphatic carbocycles. The van der Waals surface area contributed by atoms with Crippen molar-refractivity contribution in [1.29, 1.82) is 0 Å². The fourth-order valence-electron chi connectivity index (χ4n) is 2.78. The van der Waals surface area contributed by atoms with Gasteiger partial charge in [0, 0.05) is 19.6 Å². The van der Waals surface area contributed by atoms with Crippen molar-refractivity contribution in [2.75, 3.05) is 26.0 Å². The minimum absolute atomic E-state index is 0.0916. The quantitative estimate of drug-likeness (QED) is 0.586. The van der Waals surface area contributed by atoms with Crippen LogP contribution in [0.3, 0.4) is 0 Å². The highest BCUT2D eigenvalue weighted by Crippen LogP contribution is 2.40. The average Bonchev–Trinajstić information content (AvgIpc) is 2.88. The lowest BCUT2D eigenvalue weighted by Crippen LogP contribution is -2.45. The minimum atomic E-state index is -4.05. The zero-order valence-electron chi connectivity index (χ0n) is 32.8. The third-order valence-electron chi connectivity index (χ3n) is 4.04. The van der Waals surface area contributed by atoms with Crippen LogP contribution in [0.4, 0.5) is 0 Å².